The first-order chi connectivity index (χ1) is 9.05. The molecule has 18 heavy (non-hydrogen) atoms. The van der Waals surface area contributed by atoms with Crippen molar-refractivity contribution >= 4 is 18.0 Å². The topological polar surface area (TPSA) is 114 Å². The first-order valence-electron chi connectivity index (χ1n) is 6.18. The molecule has 1 saturated heterocycles. The number of hydrogen-bond acceptors (Lipinski definition) is 7. The van der Waals surface area contributed by atoms with Crippen LogP contribution in [0.4, 0.5) is 5.82 Å². The molecular formula is C10H15N3O4S. The first kappa shape index (κ1) is 10.8. The number of ether oxygens (including phenoxy) is 1. The Hall–Kier alpha value is -1.06. The highest BCUT2D eigenvalue weighted by Gasteiger charge is 2.52. The van der Waals surface area contributed by atoms with Gasteiger partial charge in [0.05, 0.1) is 9.30 Å². The Morgan fingerprint density at radius 2 is 2.44 bits per heavy atom. The lowest BCUT2D eigenvalue weighted by Crippen LogP contribution is -2.44. The number of nitrogens with zero attached hydrogens (tertiary/aromatic N) is 2. The van der Waals surface area contributed by atoms with Crippen LogP contribution in [0.25, 0.3) is 0 Å². The van der Waals surface area contributed by atoms with Crippen LogP contribution < -0.4 is 5.73 Å². The Morgan fingerprint density at radius 3 is 2.94 bits per heavy atom. The summed E-state index contributed by atoms with van der Waals surface area (Å²) in [5, 5.41) is 29.7. The van der Waals surface area contributed by atoms with Gasteiger partial charge in [0.15, 0.2) is 6.23 Å². The van der Waals surface area contributed by atoms with Gasteiger partial charge in [-0.15, -0.1) is 0 Å². The molecule has 0 saturated carbocycles. The summed E-state index contributed by atoms with van der Waals surface area (Å²) in [5.74, 6) is 0.179. The summed E-state index contributed by atoms with van der Waals surface area (Å²) >= 11 is 4.99. The third-order valence-electron chi connectivity index (χ3n) is 2.89. The number of hydrogen-bond donors (Lipinski definition) is 4. The number of rotatable bonds is 2. The van der Waals surface area contributed by atoms with Crippen molar-refractivity contribution in [3.63, 3.8) is 0 Å². The fourth-order valence-corrected chi connectivity index (χ4v) is 2.12. The molecule has 1 aliphatic rings. The standard InChI is InChI=1S/C10H15N3O4S/c1-10(16)7(15)5(4-14)17-8(10)13-3-2-6(11)12-9(13)18/h2-3,5,7-8,14-16H,4H2,1H3,(H2,11,12,18)/t5-,7+,8-,10?/m1/s1/i4D2. The molecule has 0 aromatic carbocycles. The van der Waals surface area contributed by atoms with Crippen molar-refractivity contribution in [1.29, 1.82) is 0 Å². The van der Waals surface area contributed by atoms with Crippen LogP contribution in [0.2, 0.25) is 0 Å². The Balaban J connectivity index is 2.45. The van der Waals surface area contributed by atoms with E-state index in [4.69, 9.17) is 25.4 Å². The van der Waals surface area contributed by atoms with E-state index < -0.39 is 30.6 Å². The van der Waals surface area contributed by atoms with Crippen LogP contribution in [0.5, 0.6) is 0 Å². The summed E-state index contributed by atoms with van der Waals surface area (Å²) in [5.41, 5.74) is 3.61. The van der Waals surface area contributed by atoms with Gasteiger partial charge in [-0.2, -0.15) is 0 Å². The van der Waals surface area contributed by atoms with Crippen LogP contribution in [-0.2, 0) is 4.74 Å². The van der Waals surface area contributed by atoms with E-state index in [0.717, 1.165) is 0 Å². The summed E-state index contributed by atoms with van der Waals surface area (Å²) in [7, 11) is 0. The molecule has 8 heteroatoms. The first-order valence-corrected chi connectivity index (χ1v) is 5.59. The van der Waals surface area contributed by atoms with E-state index >= 15 is 0 Å². The zero-order valence-electron chi connectivity index (χ0n) is 11.5. The van der Waals surface area contributed by atoms with E-state index in [1.165, 1.54) is 23.8 Å². The van der Waals surface area contributed by atoms with E-state index in [-0.39, 0.29) is 10.6 Å². The van der Waals surface area contributed by atoms with Crippen molar-refractivity contribution in [3.8, 4) is 0 Å². The molecule has 0 bridgehead atoms. The van der Waals surface area contributed by atoms with Crippen molar-refractivity contribution < 1.29 is 22.8 Å². The molecule has 1 aliphatic heterocycles. The molecule has 0 aliphatic carbocycles. The fourth-order valence-electron chi connectivity index (χ4n) is 1.86. The predicted molar refractivity (Wildman–Crippen MR) is 65.1 cm³/mol. The number of anilines is 1. The SMILES string of the molecule is [2H]C([2H])(O)[C@H]1O[C@@H](n2ccc(N)nc2=S)C(C)(O)[C@H]1O. The molecule has 5 N–H and O–H groups in total. The molecule has 4 atom stereocenters. The van der Waals surface area contributed by atoms with Crippen LogP contribution in [-0.4, -0.2) is 49.2 Å². The highest BCUT2D eigenvalue weighted by atomic mass is 32.1. The van der Waals surface area contributed by atoms with Gasteiger partial charge in [0.2, 0.25) is 4.77 Å². The van der Waals surface area contributed by atoms with Crippen LogP contribution in [0, 0.1) is 4.77 Å². The van der Waals surface area contributed by atoms with Gasteiger partial charge in [0.1, 0.15) is 23.6 Å². The molecule has 1 unspecified atom stereocenters. The Kier molecular flexibility index (Phi) is 2.74. The van der Waals surface area contributed by atoms with Crippen molar-refractivity contribution in [2.45, 2.75) is 31.0 Å². The largest absolute Gasteiger partial charge is 0.394 e. The van der Waals surface area contributed by atoms with Gasteiger partial charge in [-0.05, 0) is 25.2 Å². The maximum atomic E-state index is 10.3. The molecule has 2 heterocycles. The van der Waals surface area contributed by atoms with E-state index in [1.807, 2.05) is 0 Å². The van der Waals surface area contributed by atoms with E-state index in [0.29, 0.717) is 0 Å². The van der Waals surface area contributed by atoms with Crippen LogP contribution >= 0.6 is 12.2 Å². The predicted octanol–water partition coefficient (Wildman–Crippen LogP) is -0.804. The van der Waals surface area contributed by atoms with E-state index in [2.05, 4.69) is 4.98 Å². The normalized spacial score (nSPS) is 38.3. The second-order valence-corrected chi connectivity index (χ2v) is 4.62. The second kappa shape index (κ2) is 4.56. The molecule has 1 fully saturated rings. The quantitative estimate of drug-likeness (QED) is 0.522. The fraction of sp³-hybridized carbons (Fsp3) is 0.600. The molecule has 7 nitrogen and oxygen atoms in total. The monoisotopic (exact) mass is 275 g/mol. The third-order valence-corrected chi connectivity index (χ3v) is 3.19. The maximum absolute atomic E-state index is 10.3. The molecule has 100 valence electrons. The number of aromatic nitrogens is 2. The minimum absolute atomic E-state index is 0.00151. The average Bonchev–Trinajstić information content (AvgIpc) is 2.51. The lowest BCUT2D eigenvalue weighted by atomic mass is 9.96. The molecule has 0 radical (unpaired) electrons. The van der Waals surface area contributed by atoms with Gasteiger partial charge < -0.3 is 25.8 Å². The highest BCUT2D eigenvalue weighted by Crippen LogP contribution is 2.38. The number of nitrogens with two attached hydrogens (primary N) is 1. The van der Waals surface area contributed by atoms with Crippen molar-refractivity contribution in [1.82, 2.24) is 9.55 Å². The average molecular weight is 275 g/mol. The summed E-state index contributed by atoms with van der Waals surface area (Å²) in [6.07, 6.45) is -3.06. The number of aliphatic hydroxyl groups excluding tert-OH is 1. The van der Waals surface area contributed by atoms with Gasteiger partial charge >= 0.3 is 0 Å². The molecule has 1 aromatic rings. The lowest BCUT2D eigenvalue weighted by Gasteiger charge is -2.27. The molecule has 1 aromatic heterocycles. The summed E-state index contributed by atoms with van der Waals surface area (Å²) in [4.78, 5) is 3.82. The van der Waals surface area contributed by atoms with Crippen molar-refractivity contribution in [3.05, 3.63) is 17.0 Å². The Labute approximate surface area is 111 Å². The van der Waals surface area contributed by atoms with E-state index in [1.54, 1.807) is 0 Å². The van der Waals surface area contributed by atoms with Crippen LogP contribution in [0.15, 0.2) is 12.3 Å². The highest BCUT2D eigenvalue weighted by molar-refractivity contribution is 7.71. The van der Waals surface area contributed by atoms with Gasteiger partial charge in [0.25, 0.3) is 0 Å². The van der Waals surface area contributed by atoms with Gasteiger partial charge in [-0.3, -0.25) is 4.57 Å². The second-order valence-electron chi connectivity index (χ2n) is 4.25. The van der Waals surface area contributed by atoms with Crippen LogP contribution in [0.3, 0.4) is 0 Å². The molecule has 0 amide bonds. The zero-order valence-corrected chi connectivity index (χ0v) is 10.3. The minimum Gasteiger partial charge on any atom is -0.394 e. The Bertz CT molecular complexity index is 574. The van der Waals surface area contributed by atoms with Crippen LogP contribution in [0.1, 0.15) is 15.9 Å². The van der Waals surface area contributed by atoms with Crippen molar-refractivity contribution in [2.75, 3.05) is 12.3 Å². The zero-order chi connectivity index (χ0) is 15.3. The number of aliphatic hydroxyl groups is 3. The lowest BCUT2D eigenvalue weighted by molar-refractivity contribution is -0.0978. The summed E-state index contributed by atoms with van der Waals surface area (Å²) in [6.45, 7) is -1.56. The van der Waals surface area contributed by atoms with Gasteiger partial charge in [-0.1, -0.05) is 0 Å². The summed E-state index contributed by atoms with van der Waals surface area (Å²) < 4.78 is 21.0. The number of nitrogen functional groups attached to an aromatic ring is 1. The molecular weight excluding hydrogens is 258 g/mol. The van der Waals surface area contributed by atoms with Gasteiger partial charge in [-0.25, -0.2) is 4.98 Å². The smallest absolute Gasteiger partial charge is 0.203 e. The third kappa shape index (κ3) is 2.02. The van der Waals surface area contributed by atoms with Gasteiger partial charge in [0, 0.05) is 6.20 Å². The molecule has 0 spiro atoms. The van der Waals surface area contributed by atoms with E-state index in [9.17, 15) is 15.3 Å². The minimum atomic E-state index is -2.82. The van der Waals surface area contributed by atoms with Crippen molar-refractivity contribution in [2.24, 2.45) is 0 Å². The maximum Gasteiger partial charge on any atom is 0.203 e. The summed E-state index contributed by atoms with van der Waals surface area (Å²) in [6, 6.07) is 1.42. The molecule has 2 rings (SSSR count). The Morgan fingerprint density at radius 1 is 1.78 bits per heavy atom.